The number of carboxylic acid groups (broad SMARTS) is 1. The van der Waals surface area contributed by atoms with Crippen molar-refractivity contribution in [3.05, 3.63) is 138 Å². The van der Waals surface area contributed by atoms with Crippen LogP contribution in [-0.2, 0) is 29.1 Å². The molecule has 5 aromatic carbocycles. The summed E-state index contributed by atoms with van der Waals surface area (Å²) in [5.74, 6) is -0.837. The Morgan fingerprint density at radius 1 is 0.696 bits per heavy atom. The van der Waals surface area contributed by atoms with Crippen molar-refractivity contribution in [2.45, 2.75) is 20.4 Å². The summed E-state index contributed by atoms with van der Waals surface area (Å²) in [5.41, 5.74) is 4.41. The van der Waals surface area contributed by atoms with Crippen LogP contribution in [0.3, 0.4) is 0 Å². The lowest BCUT2D eigenvalue weighted by Crippen LogP contribution is -2.21. The number of aryl methyl sites for hydroxylation is 2. The van der Waals surface area contributed by atoms with E-state index in [0.717, 1.165) is 21.0 Å². The number of hydrogen-bond donors (Lipinski definition) is 4. The zero-order valence-corrected chi connectivity index (χ0v) is 26.5. The minimum Gasteiger partial charge on any atom is -0.478 e. The maximum absolute atomic E-state index is 12.6. The van der Waals surface area contributed by atoms with Crippen molar-refractivity contribution in [2.24, 2.45) is 0 Å². The van der Waals surface area contributed by atoms with Crippen LogP contribution in [0.1, 0.15) is 27.0 Å². The van der Waals surface area contributed by atoms with E-state index in [0.29, 0.717) is 35.0 Å². The lowest BCUT2D eigenvalue weighted by atomic mass is 10.1. The zero-order chi connectivity index (χ0) is 32.8. The molecule has 0 aliphatic rings. The molecule has 236 valence electrons. The maximum atomic E-state index is 12.6. The van der Waals surface area contributed by atoms with E-state index >= 15 is 0 Å². The van der Waals surface area contributed by atoms with E-state index in [1.807, 2.05) is 56.3 Å². The second-order valence-corrected chi connectivity index (χ2v) is 12.0. The van der Waals surface area contributed by atoms with Gasteiger partial charge in [-0.05, 0) is 74.0 Å². The van der Waals surface area contributed by atoms with Crippen LogP contribution < -0.4 is 18.7 Å². The average molecular weight is 658 g/mol. The molecule has 0 saturated heterocycles. The highest BCUT2D eigenvalue weighted by Crippen LogP contribution is 2.39. The first-order chi connectivity index (χ1) is 22.1. The van der Waals surface area contributed by atoms with Crippen molar-refractivity contribution in [3.63, 3.8) is 0 Å². The molecule has 5 aromatic rings. The number of ether oxygens (including phenoxy) is 1. The Morgan fingerprint density at radius 3 is 1.72 bits per heavy atom. The second-order valence-electron chi connectivity index (χ2n) is 10.3. The molecule has 0 spiro atoms. The van der Waals surface area contributed by atoms with Gasteiger partial charge in [-0.2, -0.15) is 0 Å². The summed E-state index contributed by atoms with van der Waals surface area (Å²) in [7, 11) is 0. The van der Waals surface area contributed by atoms with Crippen molar-refractivity contribution in [3.8, 4) is 11.5 Å². The quantitative estimate of drug-likeness (QED) is 0.0992. The summed E-state index contributed by atoms with van der Waals surface area (Å²) in [6.07, 6.45) is 0. The van der Waals surface area contributed by atoms with Gasteiger partial charge in [-0.15, -0.1) is 0 Å². The summed E-state index contributed by atoms with van der Waals surface area (Å²) >= 11 is -4.98. The molecule has 2 unspecified atom stereocenters. The SMILES string of the molecule is Cc1ccc(N(c2ccc(Oc3ccc(N(c4ccc(C)cc4)S(=O)O)c(C(=O)O)c3)cc2NCc2ccccc2)S(=O)O)cc1. The molecule has 0 radical (unpaired) electrons. The van der Waals surface area contributed by atoms with Gasteiger partial charge < -0.3 is 15.2 Å². The molecule has 5 rings (SSSR count). The Labute approximate surface area is 271 Å². The van der Waals surface area contributed by atoms with Crippen molar-refractivity contribution >= 4 is 56.9 Å². The predicted octanol–water partition coefficient (Wildman–Crippen LogP) is 7.96. The molecule has 10 nitrogen and oxygen atoms in total. The smallest absolute Gasteiger partial charge is 0.337 e. The fraction of sp³-hybridized carbons (Fsp3) is 0.0882. The first-order valence-electron chi connectivity index (χ1n) is 14.0. The molecule has 0 aliphatic carbocycles. The number of benzene rings is 5. The molecule has 0 fully saturated rings. The van der Waals surface area contributed by atoms with Gasteiger partial charge in [0.05, 0.1) is 34.0 Å². The monoisotopic (exact) mass is 657 g/mol. The summed E-state index contributed by atoms with van der Waals surface area (Å²) in [6, 6.07) is 32.7. The average Bonchev–Trinajstić information content (AvgIpc) is 3.03. The van der Waals surface area contributed by atoms with Crippen molar-refractivity contribution in [1.29, 1.82) is 0 Å². The van der Waals surface area contributed by atoms with Crippen molar-refractivity contribution < 1.29 is 32.2 Å². The molecule has 0 aliphatic heterocycles. The lowest BCUT2D eigenvalue weighted by Gasteiger charge is -2.24. The van der Waals surface area contributed by atoms with Crippen LogP contribution in [0.25, 0.3) is 0 Å². The van der Waals surface area contributed by atoms with Crippen LogP contribution >= 0.6 is 0 Å². The van der Waals surface area contributed by atoms with Crippen LogP contribution in [0.4, 0.5) is 28.4 Å². The van der Waals surface area contributed by atoms with Crippen LogP contribution in [0.15, 0.2) is 115 Å². The second kappa shape index (κ2) is 14.4. The van der Waals surface area contributed by atoms with E-state index in [9.17, 15) is 27.4 Å². The molecule has 4 N–H and O–H groups in total. The van der Waals surface area contributed by atoms with Crippen LogP contribution in [0, 0.1) is 13.8 Å². The van der Waals surface area contributed by atoms with Crippen LogP contribution in [0.5, 0.6) is 11.5 Å². The third-order valence-electron chi connectivity index (χ3n) is 7.01. The molecule has 0 amide bonds. The molecule has 0 aromatic heterocycles. The summed E-state index contributed by atoms with van der Waals surface area (Å²) in [4.78, 5) is 12.3. The van der Waals surface area contributed by atoms with Crippen molar-refractivity contribution in [1.82, 2.24) is 0 Å². The lowest BCUT2D eigenvalue weighted by molar-refractivity contribution is 0.0697. The molecule has 0 saturated carbocycles. The van der Waals surface area contributed by atoms with E-state index in [1.54, 1.807) is 54.6 Å². The minimum absolute atomic E-state index is 0.00395. The minimum atomic E-state index is -2.56. The zero-order valence-electron chi connectivity index (χ0n) is 24.9. The number of nitrogens with one attached hydrogen (secondary N) is 1. The topological polar surface area (TPSA) is 140 Å². The Kier molecular flexibility index (Phi) is 10.1. The van der Waals surface area contributed by atoms with E-state index in [-0.39, 0.29) is 17.0 Å². The first-order valence-corrected chi connectivity index (χ1v) is 16.2. The largest absolute Gasteiger partial charge is 0.478 e. The van der Waals surface area contributed by atoms with Gasteiger partial charge in [-0.1, -0.05) is 65.7 Å². The standard InChI is InChI=1S/C34H31N3O7S2/c1-23-8-12-26(13-9-23)36(45(40)41)32-18-16-28(20-30(32)34(38)39)44-29-17-19-33(31(21-29)35-22-25-6-4-3-5-7-25)37(46(42)43)27-14-10-24(2)11-15-27/h3-21,35H,22H2,1-2H3,(H,38,39)(H,40,41)(H,42,43). The van der Waals surface area contributed by atoms with Crippen molar-refractivity contribution in [2.75, 3.05) is 13.9 Å². The fourth-order valence-electron chi connectivity index (χ4n) is 4.74. The van der Waals surface area contributed by atoms with Gasteiger partial charge in [0.15, 0.2) is 0 Å². The Balaban J connectivity index is 1.52. The summed E-state index contributed by atoms with van der Waals surface area (Å²) < 4.78 is 53.8. The number of carbonyl (C=O) groups is 1. The molecule has 0 bridgehead atoms. The number of anilines is 5. The van der Waals surface area contributed by atoms with E-state index in [4.69, 9.17) is 4.74 Å². The Hall–Kier alpha value is -5.01. The maximum Gasteiger partial charge on any atom is 0.337 e. The van der Waals surface area contributed by atoms with E-state index in [2.05, 4.69) is 5.32 Å². The van der Waals surface area contributed by atoms with Gasteiger partial charge in [0.25, 0.3) is 22.5 Å². The summed E-state index contributed by atoms with van der Waals surface area (Å²) in [6.45, 7) is 4.20. The molecule has 46 heavy (non-hydrogen) atoms. The number of nitrogens with zero attached hydrogens (tertiary/aromatic N) is 2. The molecular formula is C34H31N3O7S2. The highest BCUT2D eigenvalue weighted by Gasteiger charge is 2.24. The Morgan fingerprint density at radius 2 is 1.20 bits per heavy atom. The van der Waals surface area contributed by atoms with Gasteiger partial charge in [0.1, 0.15) is 11.5 Å². The molecular weight excluding hydrogens is 627 g/mol. The molecule has 12 heteroatoms. The van der Waals surface area contributed by atoms with E-state index < -0.39 is 28.5 Å². The van der Waals surface area contributed by atoms with Gasteiger partial charge in [0.2, 0.25) is 0 Å². The third-order valence-corrected chi connectivity index (χ3v) is 8.45. The number of carboxylic acids is 1. The highest BCUT2D eigenvalue weighted by molar-refractivity contribution is 7.81. The normalized spacial score (nSPS) is 12.2. The van der Waals surface area contributed by atoms with Gasteiger partial charge in [0, 0.05) is 12.6 Å². The first kappa shape index (κ1) is 32.4. The Bertz CT molecular complexity index is 1890. The number of aromatic carboxylic acids is 1. The van der Waals surface area contributed by atoms with E-state index in [1.165, 1.54) is 22.5 Å². The van der Waals surface area contributed by atoms with Gasteiger partial charge in [-0.25, -0.2) is 21.8 Å². The number of hydrogen-bond acceptors (Lipinski definition) is 5. The third kappa shape index (κ3) is 7.61. The van der Waals surface area contributed by atoms with Crippen LogP contribution in [-0.4, -0.2) is 28.6 Å². The highest BCUT2D eigenvalue weighted by atomic mass is 32.2. The van der Waals surface area contributed by atoms with Gasteiger partial charge in [-0.3, -0.25) is 9.11 Å². The predicted molar refractivity (Wildman–Crippen MR) is 182 cm³/mol. The summed E-state index contributed by atoms with van der Waals surface area (Å²) in [5, 5.41) is 13.4. The number of rotatable bonds is 12. The van der Waals surface area contributed by atoms with Gasteiger partial charge >= 0.3 is 5.97 Å². The fourth-order valence-corrected chi connectivity index (χ4v) is 6.00. The molecule has 0 heterocycles. The van der Waals surface area contributed by atoms with Crippen LogP contribution in [0.2, 0.25) is 0 Å². The molecule has 2 atom stereocenters.